The van der Waals surface area contributed by atoms with Gasteiger partial charge in [-0.15, -0.1) is 0 Å². The van der Waals surface area contributed by atoms with Gasteiger partial charge in [0.1, 0.15) is 11.4 Å². The summed E-state index contributed by atoms with van der Waals surface area (Å²) in [6, 6.07) is 14.1. The van der Waals surface area contributed by atoms with E-state index in [9.17, 15) is 9.59 Å². The van der Waals surface area contributed by atoms with E-state index >= 15 is 0 Å². The standard InChI is InChI=1S/C20H22N4O3/c1-23(2)13-12-21-19(25)18-14-8-4-5-9-15(14)20(26)24(22-18)16-10-6-7-11-17(16)27-3/h4-11H,12-13H2,1-3H3,(H,21,25). The Hall–Kier alpha value is -3.19. The van der Waals surface area contributed by atoms with E-state index in [1.165, 1.54) is 11.8 Å². The maximum Gasteiger partial charge on any atom is 0.279 e. The largest absolute Gasteiger partial charge is 0.494 e. The van der Waals surface area contributed by atoms with E-state index in [0.29, 0.717) is 35.3 Å². The third kappa shape index (κ3) is 3.83. The van der Waals surface area contributed by atoms with Crippen LogP contribution in [-0.2, 0) is 0 Å². The summed E-state index contributed by atoms with van der Waals surface area (Å²) >= 11 is 0. The molecule has 27 heavy (non-hydrogen) atoms. The first kappa shape index (κ1) is 18.6. The van der Waals surface area contributed by atoms with Crippen molar-refractivity contribution < 1.29 is 9.53 Å². The molecule has 3 rings (SSSR count). The molecule has 0 fully saturated rings. The van der Waals surface area contributed by atoms with Gasteiger partial charge in [-0.05, 0) is 32.3 Å². The van der Waals surface area contributed by atoms with E-state index < -0.39 is 0 Å². The maximum atomic E-state index is 13.0. The summed E-state index contributed by atoms with van der Waals surface area (Å²) in [5.41, 5.74) is 0.382. The summed E-state index contributed by atoms with van der Waals surface area (Å²) in [5.74, 6) is 0.179. The molecule has 0 saturated carbocycles. The molecule has 7 heteroatoms. The Balaban J connectivity index is 2.15. The van der Waals surface area contributed by atoms with Gasteiger partial charge in [-0.2, -0.15) is 9.78 Å². The van der Waals surface area contributed by atoms with Gasteiger partial charge in [0.25, 0.3) is 11.5 Å². The number of aromatic nitrogens is 2. The molecule has 0 atom stereocenters. The molecule has 1 N–H and O–H groups in total. The summed E-state index contributed by atoms with van der Waals surface area (Å²) < 4.78 is 6.58. The molecule has 140 valence electrons. The van der Waals surface area contributed by atoms with E-state index in [2.05, 4.69) is 10.4 Å². The topological polar surface area (TPSA) is 76.5 Å². The van der Waals surface area contributed by atoms with Gasteiger partial charge in [0.05, 0.1) is 12.5 Å². The highest BCUT2D eigenvalue weighted by molar-refractivity contribution is 6.04. The normalized spacial score (nSPS) is 11.0. The van der Waals surface area contributed by atoms with Gasteiger partial charge < -0.3 is 15.0 Å². The molecule has 1 heterocycles. The number of methoxy groups -OCH3 is 1. The Labute approximate surface area is 157 Å². The van der Waals surface area contributed by atoms with Crippen LogP contribution in [0, 0.1) is 0 Å². The van der Waals surface area contributed by atoms with E-state index in [4.69, 9.17) is 4.74 Å². The van der Waals surface area contributed by atoms with Gasteiger partial charge in [0, 0.05) is 18.5 Å². The van der Waals surface area contributed by atoms with E-state index in [1.54, 1.807) is 42.5 Å². The minimum absolute atomic E-state index is 0.204. The smallest absolute Gasteiger partial charge is 0.279 e. The Morgan fingerprint density at radius 2 is 1.78 bits per heavy atom. The molecule has 2 aromatic carbocycles. The number of carbonyl (C=O) groups excluding carboxylic acids is 1. The molecule has 0 aliphatic rings. The number of likely N-dealkylation sites (N-methyl/N-ethyl adjacent to an activating group) is 1. The molecular weight excluding hydrogens is 344 g/mol. The lowest BCUT2D eigenvalue weighted by atomic mass is 10.1. The number of ether oxygens (including phenoxy) is 1. The Morgan fingerprint density at radius 3 is 2.48 bits per heavy atom. The lowest BCUT2D eigenvalue weighted by molar-refractivity contribution is 0.0946. The van der Waals surface area contributed by atoms with Crippen LogP contribution < -0.4 is 15.6 Å². The summed E-state index contributed by atoms with van der Waals surface area (Å²) in [4.78, 5) is 27.7. The number of hydrogen-bond acceptors (Lipinski definition) is 5. The van der Waals surface area contributed by atoms with Crippen molar-refractivity contribution in [3.05, 3.63) is 64.6 Å². The van der Waals surface area contributed by atoms with Crippen LogP contribution in [0.5, 0.6) is 5.75 Å². The number of hydrogen-bond donors (Lipinski definition) is 1. The first-order valence-corrected chi connectivity index (χ1v) is 8.61. The first-order chi connectivity index (χ1) is 13.0. The van der Waals surface area contributed by atoms with Crippen LogP contribution in [0.25, 0.3) is 16.5 Å². The zero-order valence-corrected chi connectivity index (χ0v) is 15.6. The van der Waals surface area contributed by atoms with E-state index in [0.717, 1.165) is 0 Å². The molecule has 0 radical (unpaired) electrons. The van der Waals surface area contributed by atoms with Crippen LogP contribution in [0.2, 0.25) is 0 Å². The highest BCUT2D eigenvalue weighted by Crippen LogP contribution is 2.22. The molecule has 1 aromatic heterocycles. The van der Waals surface area contributed by atoms with Crippen molar-refractivity contribution >= 4 is 16.7 Å². The zero-order chi connectivity index (χ0) is 19.4. The van der Waals surface area contributed by atoms with Crippen LogP contribution in [-0.4, -0.2) is 54.9 Å². The molecule has 0 unspecified atom stereocenters. The first-order valence-electron chi connectivity index (χ1n) is 8.61. The summed E-state index contributed by atoms with van der Waals surface area (Å²) in [6.45, 7) is 1.19. The third-order valence-corrected chi connectivity index (χ3v) is 4.18. The third-order valence-electron chi connectivity index (χ3n) is 4.18. The SMILES string of the molecule is COc1ccccc1-n1nc(C(=O)NCCN(C)C)c2ccccc2c1=O. The zero-order valence-electron chi connectivity index (χ0n) is 15.6. The summed E-state index contributed by atoms with van der Waals surface area (Å²) in [5, 5.41) is 8.19. The van der Waals surface area contributed by atoms with Crippen LogP contribution in [0.15, 0.2) is 53.3 Å². The lowest BCUT2D eigenvalue weighted by Gasteiger charge is -2.14. The Morgan fingerprint density at radius 1 is 1.11 bits per heavy atom. The van der Waals surface area contributed by atoms with Crippen molar-refractivity contribution in [3.63, 3.8) is 0 Å². The van der Waals surface area contributed by atoms with Gasteiger partial charge >= 0.3 is 0 Å². The summed E-state index contributed by atoms with van der Waals surface area (Å²) in [6.07, 6.45) is 0. The Bertz CT molecular complexity index is 1030. The quantitative estimate of drug-likeness (QED) is 0.718. The molecule has 0 spiro atoms. The number of benzene rings is 2. The van der Waals surface area contributed by atoms with Gasteiger partial charge in [-0.3, -0.25) is 9.59 Å². The monoisotopic (exact) mass is 366 g/mol. The second-order valence-electron chi connectivity index (χ2n) is 6.34. The predicted molar refractivity (Wildman–Crippen MR) is 105 cm³/mol. The van der Waals surface area contributed by atoms with Crippen LogP contribution in [0.4, 0.5) is 0 Å². The van der Waals surface area contributed by atoms with Gasteiger partial charge in [-0.25, -0.2) is 0 Å². The second-order valence-corrected chi connectivity index (χ2v) is 6.34. The molecule has 7 nitrogen and oxygen atoms in total. The molecular formula is C20H22N4O3. The van der Waals surface area contributed by atoms with Crippen molar-refractivity contribution in [1.82, 2.24) is 20.0 Å². The van der Waals surface area contributed by atoms with Gasteiger partial charge in [0.2, 0.25) is 0 Å². The number of para-hydroxylation sites is 2. The fourth-order valence-corrected chi connectivity index (χ4v) is 2.80. The average Bonchev–Trinajstić information content (AvgIpc) is 2.68. The van der Waals surface area contributed by atoms with Gasteiger partial charge in [0.15, 0.2) is 5.69 Å². The number of rotatable bonds is 6. The highest BCUT2D eigenvalue weighted by atomic mass is 16.5. The summed E-state index contributed by atoms with van der Waals surface area (Å²) in [7, 11) is 5.39. The van der Waals surface area contributed by atoms with Crippen molar-refractivity contribution in [2.24, 2.45) is 0 Å². The number of nitrogens with zero attached hydrogens (tertiary/aromatic N) is 3. The minimum atomic E-state index is -0.323. The molecule has 0 aliphatic carbocycles. The average molecular weight is 366 g/mol. The lowest BCUT2D eigenvalue weighted by Crippen LogP contribution is -2.34. The molecule has 0 saturated heterocycles. The number of carbonyl (C=O) groups is 1. The fraction of sp³-hybridized carbons (Fsp3) is 0.250. The number of nitrogens with one attached hydrogen (secondary N) is 1. The van der Waals surface area contributed by atoms with E-state index in [1.807, 2.05) is 25.1 Å². The van der Waals surface area contributed by atoms with Crippen molar-refractivity contribution in [2.45, 2.75) is 0 Å². The molecule has 0 bridgehead atoms. The van der Waals surface area contributed by atoms with Crippen molar-refractivity contribution in [1.29, 1.82) is 0 Å². The van der Waals surface area contributed by atoms with Crippen LogP contribution in [0.1, 0.15) is 10.5 Å². The maximum absolute atomic E-state index is 13.0. The van der Waals surface area contributed by atoms with Gasteiger partial charge in [-0.1, -0.05) is 30.3 Å². The highest BCUT2D eigenvalue weighted by Gasteiger charge is 2.18. The number of amides is 1. The van der Waals surface area contributed by atoms with Crippen molar-refractivity contribution in [3.8, 4) is 11.4 Å². The molecule has 1 amide bonds. The molecule has 0 aliphatic heterocycles. The predicted octanol–water partition coefficient (Wildman–Crippen LogP) is 1.69. The van der Waals surface area contributed by atoms with Crippen LogP contribution >= 0.6 is 0 Å². The van der Waals surface area contributed by atoms with Crippen molar-refractivity contribution in [2.75, 3.05) is 34.3 Å². The molecule has 3 aromatic rings. The Kier molecular flexibility index (Phi) is 5.52. The minimum Gasteiger partial charge on any atom is -0.494 e. The number of fused-ring (bicyclic) bond motifs is 1. The van der Waals surface area contributed by atoms with E-state index in [-0.39, 0.29) is 17.2 Å². The fourth-order valence-electron chi connectivity index (χ4n) is 2.80. The second kappa shape index (κ2) is 8.01. The van der Waals surface area contributed by atoms with Crippen LogP contribution in [0.3, 0.4) is 0 Å².